The first-order valence-corrected chi connectivity index (χ1v) is 9.67. The second-order valence-corrected chi connectivity index (χ2v) is 8.30. The number of nitrogens with zero attached hydrogens (tertiary/aromatic N) is 1. The molecule has 2 rings (SSSR count). The standard InChI is InChI=1S/C16H24N2O3S/c1-22(20,21)9-5-8-16(19)18-11-14(10-17)15(12-18)13-6-3-2-4-7-13/h2-4,6-7,14-15H,5,8-12,17H2,1H3/t14-,15+/m1/s1. The summed E-state index contributed by atoms with van der Waals surface area (Å²) in [6.45, 7) is 1.88. The van der Waals surface area contributed by atoms with Crippen LogP contribution >= 0.6 is 0 Å². The largest absolute Gasteiger partial charge is 0.342 e. The third kappa shape index (κ3) is 4.55. The third-order valence-electron chi connectivity index (χ3n) is 4.23. The minimum absolute atomic E-state index is 0.0283. The molecule has 0 bridgehead atoms. The number of hydrogen-bond donors (Lipinski definition) is 1. The van der Waals surface area contributed by atoms with Gasteiger partial charge in [0.2, 0.25) is 5.91 Å². The van der Waals surface area contributed by atoms with Gasteiger partial charge in [-0.15, -0.1) is 0 Å². The van der Waals surface area contributed by atoms with Crippen molar-refractivity contribution in [1.82, 2.24) is 4.90 Å². The van der Waals surface area contributed by atoms with E-state index in [0.717, 1.165) is 0 Å². The highest BCUT2D eigenvalue weighted by Crippen LogP contribution is 2.32. The zero-order valence-electron chi connectivity index (χ0n) is 12.9. The molecule has 1 aliphatic heterocycles. The van der Waals surface area contributed by atoms with Crippen LogP contribution in [0.5, 0.6) is 0 Å². The maximum Gasteiger partial charge on any atom is 0.222 e. The van der Waals surface area contributed by atoms with Crippen LogP contribution in [0.1, 0.15) is 24.3 Å². The van der Waals surface area contributed by atoms with Gasteiger partial charge < -0.3 is 10.6 Å². The number of nitrogens with two attached hydrogens (primary N) is 1. The molecule has 0 spiro atoms. The lowest BCUT2D eigenvalue weighted by molar-refractivity contribution is -0.130. The van der Waals surface area contributed by atoms with E-state index in [2.05, 4.69) is 12.1 Å². The summed E-state index contributed by atoms with van der Waals surface area (Å²) in [5, 5.41) is 0. The van der Waals surface area contributed by atoms with Gasteiger partial charge in [-0.1, -0.05) is 30.3 Å². The highest BCUT2D eigenvalue weighted by atomic mass is 32.2. The number of carbonyl (C=O) groups is 1. The van der Waals surface area contributed by atoms with Gasteiger partial charge in [0, 0.05) is 31.7 Å². The second kappa shape index (κ2) is 7.24. The fourth-order valence-electron chi connectivity index (χ4n) is 3.04. The summed E-state index contributed by atoms with van der Waals surface area (Å²) in [7, 11) is -3.00. The normalized spacial score (nSPS) is 22.0. The van der Waals surface area contributed by atoms with E-state index in [1.165, 1.54) is 11.8 Å². The summed E-state index contributed by atoms with van der Waals surface area (Å²) < 4.78 is 22.3. The second-order valence-electron chi connectivity index (χ2n) is 6.05. The SMILES string of the molecule is CS(=O)(=O)CCCC(=O)N1C[C@@H](CN)[C@H](c2ccccc2)C1. The van der Waals surface area contributed by atoms with Crippen LogP contribution in [0, 0.1) is 5.92 Å². The molecule has 1 saturated heterocycles. The first-order valence-electron chi connectivity index (χ1n) is 7.61. The van der Waals surface area contributed by atoms with Gasteiger partial charge in [-0.2, -0.15) is 0 Å². The topological polar surface area (TPSA) is 80.5 Å². The fourth-order valence-corrected chi connectivity index (χ4v) is 3.70. The summed E-state index contributed by atoms with van der Waals surface area (Å²) in [6, 6.07) is 10.1. The summed E-state index contributed by atoms with van der Waals surface area (Å²) in [6.07, 6.45) is 1.87. The van der Waals surface area contributed by atoms with Crippen LogP contribution in [-0.2, 0) is 14.6 Å². The average molecular weight is 324 g/mol. The smallest absolute Gasteiger partial charge is 0.222 e. The number of rotatable bonds is 6. The Morgan fingerprint density at radius 2 is 1.95 bits per heavy atom. The predicted molar refractivity (Wildman–Crippen MR) is 87.3 cm³/mol. The molecule has 1 aliphatic rings. The van der Waals surface area contributed by atoms with E-state index >= 15 is 0 Å². The summed E-state index contributed by atoms with van der Waals surface area (Å²) in [5.41, 5.74) is 7.08. The molecule has 0 unspecified atom stereocenters. The summed E-state index contributed by atoms with van der Waals surface area (Å²) in [4.78, 5) is 14.1. The van der Waals surface area contributed by atoms with Crippen LogP contribution in [0.15, 0.2) is 30.3 Å². The Morgan fingerprint density at radius 1 is 1.27 bits per heavy atom. The monoisotopic (exact) mass is 324 g/mol. The molecule has 2 N–H and O–H groups in total. The van der Waals surface area contributed by atoms with E-state index < -0.39 is 9.84 Å². The Kier molecular flexibility index (Phi) is 5.58. The molecule has 122 valence electrons. The summed E-state index contributed by atoms with van der Waals surface area (Å²) >= 11 is 0. The molecule has 0 aliphatic carbocycles. The molecule has 5 nitrogen and oxygen atoms in total. The molecule has 6 heteroatoms. The Hall–Kier alpha value is -1.40. The van der Waals surface area contributed by atoms with Crippen molar-refractivity contribution in [3.05, 3.63) is 35.9 Å². The van der Waals surface area contributed by atoms with Gasteiger partial charge in [-0.25, -0.2) is 8.42 Å². The number of benzene rings is 1. The molecular formula is C16H24N2O3S. The molecule has 1 aromatic rings. The molecule has 1 amide bonds. The fraction of sp³-hybridized carbons (Fsp3) is 0.562. The molecule has 1 fully saturated rings. The van der Waals surface area contributed by atoms with Gasteiger partial charge in [0.25, 0.3) is 0 Å². The lowest BCUT2D eigenvalue weighted by atomic mass is 9.89. The molecule has 0 aromatic heterocycles. The van der Waals surface area contributed by atoms with Crippen LogP contribution in [0.3, 0.4) is 0 Å². The number of sulfone groups is 1. The molecule has 2 atom stereocenters. The van der Waals surface area contributed by atoms with Crippen molar-refractivity contribution >= 4 is 15.7 Å². The van der Waals surface area contributed by atoms with Gasteiger partial charge in [-0.05, 0) is 24.4 Å². The Labute approximate surface area is 132 Å². The molecule has 1 aromatic carbocycles. The molecule has 22 heavy (non-hydrogen) atoms. The Morgan fingerprint density at radius 3 is 2.55 bits per heavy atom. The first kappa shape index (κ1) is 17.0. The van der Waals surface area contributed by atoms with Gasteiger partial charge in [0.15, 0.2) is 0 Å². The van der Waals surface area contributed by atoms with Crippen molar-refractivity contribution in [3.63, 3.8) is 0 Å². The van der Waals surface area contributed by atoms with E-state index in [-0.39, 0.29) is 29.9 Å². The summed E-state index contributed by atoms with van der Waals surface area (Å²) in [5.74, 6) is 0.626. The van der Waals surface area contributed by atoms with E-state index in [1.54, 1.807) is 0 Å². The minimum atomic E-state index is -3.00. The van der Waals surface area contributed by atoms with Crippen molar-refractivity contribution in [3.8, 4) is 0 Å². The minimum Gasteiger partial charge on any atom is -0.342 e. The van der Waals surface area contributed by atoms with E-state index in [1.807, 2.05) is 23.1 Å². The van der Waals surface area contributed by atoms with E-state index in [9.17, 15) is 13.2 Å². The van der Waals surface area contributed by atoms with Crippen LogP contribution < -0.4 is 5.73 Å². The van der Waals surface area contributed by atoms with Crippen molar-refractivity contribution in [2.75, 3.05) is 31.6 Å². The van der Waals surface area contributed by atoms with Gasteiger partial charge >= 0.3 is 0 Å². The Bertz CT molecular complexity index is 601. The lowest BCUT2D eigenvalue weighted by Gasteiger charge is -2.16. The average Bonchev–Trinajstić information content (AvgIpc) is 2.91. The molecule has 1 heterocycles. The number of likely N-dealkylation sites (tertiary alicyclic amines) is 1. The highest BCUT2D eigenvalue weighted by Gasteiger charge is 2.34. The zero-order chi connectivity index (χ0) is 16.2. The lowest BCUT2D eigenvalue weighted by Crippen LogP contribution is -2.30. The van der Waals surface area contributed by atoms with Crippen LogP contribution in [0.4, 0.5) is 0 Å². The Balaban J connectivity index is 1.95. The van der Waals surface area contributed by atoms with Crippen LogP contribution in [0.25, 0.3) is 0 Å². The number of carbonyl (C=O) groups excluding carboxylic acids is 1. The van der Waals surface area contributed by atoms with Crippen molar-refractivity contribution in [1.29, 1.82) is 0 Å². The maximum atomic E-state index is 12.3. The van der Waals surface area contributed by atoms with Crippen LogP contribution in [-0.4, -0.2) is 50.9 Å². The van der Waals surface area contributed by atoms with Crippen molar-refractivity contribution < 1.29 is 13.2 Å². The van der Waals surface area contributed by atoms with E-state index in [4.69, 9.17) is 5.73 Å². The first-order chi connectivity index (χ1) is 10.4. The number of hydrogen-bond acceptors (Lipinski definition) is 4. The van der Waals surface area contributed by atoms with Crippen molar-refractivity contribution in [2.24, 2.45) is 11.7 Å². The highest BCUT2D eigenvalue weighted by molar-refractivity contribution is 7.90. The quantitative estimate of drug-likeness (QED) is 0.847. The van der Waals surface area contributed by atoms with Gasteiger partial charge in [-0.3, -0.25) is 4.79 Å². The maximum absolute atomic E-state index is 12.3. The zero-order valence-corrected chi connectivity index (χ0v) is 13.8. The third-order valence-corrected chi connectivity index (χ3v) is 5.26. The number of amides is 1. The molecular weight excluding hydrogens is 300 g/mol. The predicted octanol–water partition coefficient (Wildman–Crippen LogP) is 1.01. The van der Waals surface area contributed by atoms with Crippen LogP contribution in [0.2, 0.25) is 0 Å². The molecule has 0 radical (unpaired) electrons. The van der Waals surface area contributed by atoms with Gasteiger partial charge in [0.05, 0.1) is 5.75 Å². The van der Waals surface area contributed by atoms with Gasteiger partial charge in [0.1, 0.15) is 9.84 Å². The van der Waals surface area contributed by atoms with Crippen molar-refractivity contribution in [2.45, 2.75) is 18.8 Å². The molecule has 0 saturated carbocycles. The van der Waals surface area contributed by atoms with E-state index in [0.29, 0.717) is 26.1 Å².